The molecular formula is C21H21Cl2N3O2S. The number of benzene rings is 2. The molecule has 1 aliphatic rings. The minimum absolute atomic E-state index is 0.109. The molecule has 0 aromatic heterocycles. The maximum atomic E-state index is 12.8. The highest BCUT2D eigenvalue weighted by Crippen LogP contribution is 2.31. The molecule has 1 N–H and O–H groups in total. The zero-order valence-corrected chi connectivity index (χ0v) is 18.7. The van der Waals surface area contributed by atoms with Crippen LogP contribution < -0.4 is 5.32 Å². The number of aliphatic imine (C=N–C) groups is 1. The van der Waals surface area contributed by atoms with Crippen LogP contribution in [0.15, 0.2) is 41.4 Å². The molecule has 0 saturated carbocycles. The predicted octanol–water partition coefficient (Wildman–Crippen LogP) is 5.59. The molecule has 2 amide bonds. The van der Waals surface area contributed by atoms with Gasteiger partial charge in [0.05, 0.1) is 15.7 Å². The Hall–Kier alpha value is -2.02. The van der Waals surface area contributed by atoms with Crippen molar-refractivity contribution in [2.24, 2.45) is 4.99 Å². The van der Waals surface area contributed by atoms with Gasteiger partial charge < -0.3 is 5.32 Å². The molecule has 0 radical (unpaired) electrons. The zero-order chi connectivity index (χ0) is 21.1. The monoisotopic (exact) mass is 449 g/mol. The van der Waals surface area contributed by atoms with Gasteiger partial charge in [-0.15, -0.1) is 0 Å². The summed E-state index contributed by atoms with van der Waals surface area (Å²) in [5.41, 5.74) is 3.58. The third-order valence-corrected chi connectivity index (χ3v) is 6.58. The number of amidine groups is 1. The van der Waals surface area contributed by atoms with Gasteiger partial charge >= 0.3 is 0 Å². The van der Waals surface area contributed by atoms with Gasteiger partial charge in [0.1, 0.15) is 5.25 Å². The summed E-state index contributed by atoms with van der Waals surface area (Å²) in [6.45, 7) is 6.44. The van der Waals surface area contributed by atoms with Gasteiger partial charge in [0.2, 0.25) is 11.8 Å². The number of anilines is 1. The van der Waals surface area contributed by atoms with E-state index >= 15 is 0 Å². The highest BCUT2D eigenvalue weighted by atomic mass is 35.5. The first-order valence-corrected chi connectivity index (χ1v) is 10.8. The summed E-state index contributed by atoms with van der Waals surface area (Å²) in [4.78, 5) is 31.7. The second-order valence-corrected chi connectivity index (χ2v) is 8.71. The Morgan fingerprint density at radius 2 is 1.93 bits per heavy atom. The molecule has 29 heavy (non-hydrogen) atoms. The number of hydrogen-bond donors (Lipinski definition) is 1. The number of amides is 2. The van der Waals surface area contributed by atoms with Gasteiger partial charge in [0.25, 0.3) is 0 Å². The van der Waals surface area contributed by atoms with Crippen molar-refractivity contribution in [2.75, 3.05) is 11.9 Å². The molecule has 152 valence electrons. The van der Waals surface area contributed by atoms with Crippen molar-refractivity contribution < 1.29 is 9.59 Å². The number of rotatable bonds is 4. The number of nitrogens with one attached hydrogen (secondary N) is 1. The van der Waals surface area contributed by atoms with Crippen molar-refractivity contribution in [3.63, 3.8) is 0 Å². The van der Waals surface area contributed by atoms with Crippen LogP contribution in [0.3, 0.4) is 0 Å². The average Bonchev–Trinajstić information content (AvgIpc) is 2.67. The quantitative estimate of drug-likeness (QED) is 0.661. The Kier molecular flexibility index (Phi) is 6.88. The SMILES string of the molecule is CCN1C(=O)CC(C(=O)Nc2ccc(Cl)c(Cl)c2)SC1=Nc1ccc(C)c(C)c1. The Balaban J connectivity index is 1.82. The molecule has 0 spiro atoms. The van der Waals surface area contributed by atoms with Crippen LogP contribution in [0.4, 0.5) is 11.4 Å². The van der Waals surface area contributed by atoms with Crippen LogP contribution in [0.2, 0.25) is 10.0 Å². The molecule has 1 fully saturated rings. The van der Waals surface area contributed by atoms with Crippen LogP contribution in [0.5, 0.6) is 0 Å². The third kappa shape index (κ3) is 5.13. The van der Waals surface area contributed by atoms with E-state index in [1.54, 1.807) is 23.1 Å². The molecule has 1 heterocycles. The van der Waals surface area contributed by atoms with Crippen LogP contribution in [0.1, 0.15) is 24.5 Å². The second-order valence-electron chi connectivity index (χ2n) is 6.73. The van der Waals surface area contributed by atoms with Crippen molar-refractivity contribution in [1.29, 1.82) is 0 Å². The van der Waals surface area contributed by atoms with Gasteiger partial charge in [-0.25, -0.2) is 4.99 Å². The lowest BCUT2D eigenvalue weighted by Crippen LogP contribution is -2.45. The number of nitrogens with zero attached hydrogens (tertiary/aromatic N) is 2. The lowest BCUT2D eigenvalue weighted by molar-refractivity contribution is -0.129. The first-order chi connectivity index (χ1) is 13.8. The molecule has 1 atom stereocenters. The molecule has 8 heteroatoms. The van der Waals surface area contributed by atoms with E-state index in [1.807, 2.05) is 39.0 Å². The number of aryl methyl sites for hydroxylation is 2. The summed E-state index contributed by atoms with van der Waals surface area (Å²) in [7, 11) is 0. The minimum Gasteiger partial charge on any atom is -0.325 e. The first kappa shape index (κ1) is 21.7. The molecule has 5 nitrogen and oxygen atoms in total. The summed E-state index contributed by atoms with van der Waals surface area (Å²) < 4.78 is 0. The standard InChI is InChI=1S/C21H21Cl2N3O2S/c1-4-26-19(27)11-18(20(28)24-15-7-8-16(22)17(23)10-15)29-21(26)25-14-6-5-12(2)13(3)9-14/h5-10,18H,4,11H2,1-3H3,(H,24,28). The number of halogens is 2. The fourth-order valence-electron chi connectivity index (χ4n) is 2.85. The van der Waals surface area contributed by atoms with Gasteiger partial charge in [0, 0.05) is 18.7 Å². The molecular weight excluding hydrogens is 429 g/mol. The van der Waals surface area contributed by atoms with Crippen molar-refractivity contribution in [2.45, 2.75) is 32.4 Å². The molecule has 2 aromatic carbocycles. The van der Waals surface area contributed by atoms with Gasteiger partial charge in [0.15, 0.2) is 5.17 Å². The van der Waals surface area contributed by atoms with E-state index in [-0.39, 0.29) is 18.2 Å². The van der Waals surface area contributed by atoms with E-state index in [1.165, 1.54) is 17.3 Å². The van der Waals surface area contributed by atoms with Crippen LogP contribution >= 0.6 is 35.0 Å². The number of carbonyl (C=O) groups is 2. The number of thioether (sulfide) groups is 1. The van der Waals surface area contributed by atoms with Gasteiger partial charge in [-0.2, -0.15) is 0 Å². The van der Waals surface area contributed by atoms with Gasteiger partial charge in [-0.05, 0) is 62.2 Å². The van der Waals surface area contributed by atoms with Crippen LogP contribution in [0.25, 0.3) is 0 Å². The Morgan fingerprint density at radius 3 is 2.59 bits per heavy atom. The lowest BCUT2D eigenvalue weighted by Gasteiger charge is -2.31. The van der Waals surface area contributed by atoms with E-state index in [4.69, 9.17) is 23.2 Å². The topological polar surface area (TPSA) is 61.8 Å². The third-order valence-electron chi connectivity index (χ3n) is 4.65. The molecule has 1 saturated heterocycles. The van der Waals surface area contributed by atoms with Crippen LogP contribution in [-0.4, -0.2) is 33.7 Å². The highest BCUT2D eigenvalue weighted by molar-refractivity contribution is 8.15. The summed E-state index contributed by atoms with van der Waals surface area (Å²) in [6.07, 6.45) is 0.109. The highest BCUT2D eigenvalue weighted by Gasteiger charge is 2.35. The van der Waals surface area contributed by atoms with Gasteiger partial charge in [-0.3, -0.25) is 14.5 Å². The van der Waals surface area contributed by atoms with E-state index in [9.17, 15) is 9.59 Å². The van der Waals surface area contributed by atoms with E-state index < -0.39 is 5.25 Å². The zero-order valence-electron chi connectivity index (χ0n) is 16.3. The van der Waals surface area contributed by atoms with Gasteiger partial charge in [-0.1, -0.05) is 41.0 Å². The first-order valence-electron chi connectivity index (χ1n) is 9.17. The molecule has 0 aliphatic carbocycles. The molecule has 1 aliphatic heterocycles. The minimum atomic E-state index is -0.579. The lowest BCUT2D eigenvalue weighted by atomic mass is 10.1. The fraction of sp³-hybridized carbons (Fsp3) is 0.286. The second kappa shape index (κ2) is 9.20. The molecule has 2 aromatic rings. The molecule has 0 bridgehead atoms. The summed E-state index contributed by atoms with van der Waals surface area (Å²) in [6, 6.07) is 10.7. The fourth-order valence-corrected chi connectivity index (χ4v) is 4.32. The summed E-state index contributed by atoms with van der Waals surface area (Å²) in [5, 5.41) is 3.52. The maximum Gasteiger partial charge on any atom is 0.238 e. The van der Waals surface area contributed by atoms with Crippen molar-refractivity contribution in [3.05, 3.63) is 57.6 Å². The van der Waals surface area contributed by atoms with Crippen molar-refractivity contribution in [3.8, 4) is 0 Å². The Bertz CT molecular complexity index is 994. The average molecular weight is 450 g/mol. The molecule has 1 unspecified atom stereocenters. The van der Waals surface area contributed by atoms with Crippen molar-refractivity contribution >= 4 is 63.3 Å². The van der Waals surface area contributed by atoms with E-state index in [0.29, 0.717) is 27.4 Å². The Morgan fingerprint density at radius 1 is 1.17 bits per heavy atom. The largest absolute Gasteiger partial charge is 0.325 e. The normalized spacial score (nSPS) is 18.2. The Labute approximate surface area is 184 Å². The summed E-state index contributed by atoms with van der Waals surface area (Å²) in [5.74, 6) is -0.395. The van der Waals surface area contributed by atoms with Crippen LogP contribution in [-0.2, 0) is 9.59 Å². The molecule has 3 rings (SSSR count). The maximum absolute atomic E-state index is 12.8. The van der Waals surface area contributed by atoms with Crippen LogP contribution in [0, 0.1) is 13.8 Å². The van der Waals surface area contributed by atoms with E-state index in [0.717, 1.165) is 11.3 Å². The predicted molar refractivity (Wildman–Crippen MR) is 121 cm³/mol. The smallest absolute Gasteiger partial charge is 0.238 e. The van der Waals surface area contributed by atoms with E-state index in [2.05, 4.69) is 10.3 Å². The number of carbonyl (C=O) groups excluding carboxylic acids is 2. The van der Waals surface area contributed by atoms with Crippen molar-refractivity contribution in [1.82, 2.24) is 4.90 Å². The number of hydrogen-bond acceptors (Lipinski definition) is 4. The summed E-state index contributed by atoms with van der Waals surface area (Å²) >= 11 is 13.2.